The van der Waals surface area contributed by atoms with Crippen molar-refractivity contribution in [2.75, 3.05) is 13.7 Å². The third kappa shape index (κ3) is 9.61. The average Bonchev–Trinajstić information content (AvgIpc) is 2.27. The number of methoxy groups -OCH3 is 1. The number of nitrogens with one attached hydrogen (secondary N) is 1. The summed E-state index contributed by atoms with van der Waals surface area (Å²) in [6, 6.07) is 1.19. The third-order valence-electron chi connectivity index (χ3n) is 3.24. The lowest BCUT2D eigenvalue weighted by atomic mass is 9.97. The van der Waals surface area contributed by atoms with Crippen LogP contribution in [0.2, 0.25) is 0 Å². The van der Waals surface area contributed by atoms with Gasteiger partial charge in [-0.2, -0.15) is 0 Å². The van der Waals surface area contributed by atoms with Crippen LogP contribution in [-0.2, 0) is 4.74 Å². The van der Waals surface area contributed by atoms with Crippen molar-refractivity contribution in [3.63, 3.8) is 0 Å². The Morgan fingerprint density at radius 1 is 1.06 bits per heavy atom. The van der Waals surface area contributed by atoms with Gasteiger partial charge in [-0.05, 0) is 25.2 Å². The number of unbranched alkanes of at least 4 members (excludes halogenated alkanes) is 2. The SMILES string of the molecule is CCCCCC(CC(C)C)NC(CC)COC. The van der Waals surface area contributed by atoms with Crippen LogP contribution in [0.3, 0.4) is 0 Å². The maximum Gasteiger partial charge on any atom is 0.0615 e. The van der Waals surface area contributed by atoms with Crippen LogP contribution >= 0.6 is 0 Å². The van der Waals surface area contributed by atoms with Gasteiger partial charge in [0.15, 0.2) is 0 Å². The summed E-state index contributed by atoms with van der Waals surface area (Å²) in [7, 11) is 1.79. The van der Waals surface area contributed by atoms with Crippen LogP contribution in [-0.4, -0.2) is 25.8 Å². The molecule has 2 heteroatoms. The lowest BCUT2D eigenvalue weighted by Gasteiger charge is -2.26. The van der Waals surface area contributed by atoms with E-state index in [9.17, 15) is 0 Å². The molecule has 1 N–H and O–H groups in total. The molecule has 0 aromatic rings. The molecule has 0 aromatic heterocycles. The van der Waals surface area contributed by atoms with E-state index in [2.05, 4.69) is 33.0 Å². The summed E-state index contributed by atoms with van der Waals surface area (Å²) in [5, 5.41) is 3.77. The molecule has 0 heterocycles. The Bertz CT molecular complexity index is 159. The van der Waals surface area contributed by atoms with Crippen molar-refractivity contribution in [1.82, 2.24) is 5.32 Å². The van der Waals surface area contributed by atoms with E-state index < -0.39 is 0 Å². The molecule has 0 aliphatic carbocycles. The number of ether oxygens (including phenoxy) is 1. The smallest absolute Gasteiger partial charge is 0.0615 e. The number of rotatable bonds is 11. The molecule has 0 bridgehead atoms. The number of hydrogen-bond donors (Lipinski definition) is 1. The molecule has 17 heavy (non-hydrogen) atoms. The lowest BCUT2D eigenvalue weighted by Crippen LogP contribution is -2.41. The highest BCUT2D eigenvalue weighted by atomic mass is 16.5. The van der Waals surface area contributed by atoms with E-state index in [4.69, 9.17) is 4.74 Å². The summed E-state index contributed by atoms with van der Waals surface area (Å²) >= 11 is 0. The van der Waals surface area contributed by atoms with E-state index in [1.807, 2.05) is 0 Å². The van der Waals surface area contributed by atoms with Gasteiger partial charge in [0, 0.05) is 19.2 Å². The molecule has 0 fully saturated rings. The Hall–Kier alpha value is -0.0800. The molecule has 2 unspecified atom stereocenters. The monoisotopic (exact) mass is 243 g/mol. The summed E-state index contributed by atoms with van der Waals surface area (Å²) in [5.41, 5.74) is 0. The van der Waals surface area contributed by atoms with Gasteiger partial charge in [0.05, 0.1) is 6.61 Å². The quantitative estimate of drug-likeness (QED) is 0.554. The summed E-state index contributed by atoms with van der Waals surface area (Å²) < 4.78 is 5.26. The molecule has 0 rings (SSSR count). The van der Waals surface area contributed by atoms with Crippen molar-refractivity contribution in [1.29, 1.82) is 0 Å². The Morgan fingerprint density at radius 2 is 1.76 bits per heavy atom. The fourth-order valence-electron chi connectivity index (χ4n) is 2.30. The third-order valence-corrected chi connectivity index (χ3v) is 3.24. The summed E-state index contributed by atoms with van der Waals surface area (Å²) in [6.07, 6.45) is 7.76. The van der Waals surface area contributed by atoms with Crippen LogP contribution in [0.15, 0.2) is 0 Å². The van der Waals surface area contributed by atoms with Gasteiger partial charge in [-0.3, -0.25) is 0 Å². The number of hydrogen-bond acceptors (Lipinski definition) is 2. The van der Waals surface area contributed by atoms with E-state index >= 15 is 0 Å². The molecular formula is C15H33NO. The Balaban J connectivity index is 4.05. The van der Waals surface area contributed by atoms with Crippen molar-refractivity contribution in [3.05, 3.63) is 0 Å². The molecule has 104 valence electrons. The lowest BCUT2D eigenvalue weighted by molar-refractivity contribution is 0.154. The van der Waals surface area contributed by atoms with Crippen LogP contribution in [0.5, 0.6) is 0 Å². The zero-order valence-electron chi connectivity index (χ0n) is 12.6. The predicted molar refractivity (Wildman–Crippen MR) is 76.5 cm³/mol. The maximum absolute atomic E-state index is 5.26. The van der Waals surface area contributed by atoms with Crippen LogP contribution in [0.4, 0.5) is 0 Å². The second-order valence-electron chi connectivity index (χ2n) is 5.55. The van der Waals surface area contributed by atoms with E-state index in [0.717, 1.165) is 18.9 Å². The van der Waals surface area contributed by atoms with Gasteiger partial charge in [0.2, 0.25) is 0 Å². The Labute approximate surface area is 109 Å². The molecule has 0 saturated carbocycles. The fourth-order valence-corrected chi connectivity index (χ4v) is 2.30. The minimum atomic E-state index is 0.519. The van der Waals surface area contributed by atoms with Crippen molar-refractivity contribution >= 4 is 0 Å². The molecule has 0 radical (unpaired) electrons. The molecule has 0 aliphatic rings. The highest BCUT2D eigenvalue weighted by Gasteiger charge is 2.15. The first kappa shape index (κ1) is 16.9. The van der Waals surface area contributed by atoms with Crippen molar-refractivity contribution in [2.45, 2.75) is 78.3 Å². The van der Waals surface area contributed by atoms with Crippen LogP contribution < -0.4 is 5.32 Å². The summed E-state index contributed by atoms with van der Waals surface area (Å²) in [4.78, 5) is 0. The van der Waals surface area contributed by atoms with Gasteiger partial charge < -0.3 is 10.1 Å². The molecule has 0 amide bonds. The Kier molecular flexibility index (Phi) is 11.0. The summed E-state index contributed by atoms with van der Waals surface area (Å²) in [5.74, 6) is 0.772. The van der Waals surface area contributed by atoms with Gasteiger partial charge in [-0.15, -0.1) is 0 Å². The highest BCUT2D eigenvalue weighted by Crippen LogP contribution is 2.13. The van der Waals surface area contributed by atoms with Gasteiger partial charge >= 0.3 is 0 Å². The fraction of sp³-hybridized carbons (Fsp3) is 1.00. The van der Waals surface area contributed by atoms with Gasteiger partial charge in [-0.25, -0.2) is 0 Å². The minimum absolute atomic E-state index is 0.519. The first-order valence-electron chi connectivity index (χ1n) is 7.38. The Morgan fingerprint density at radius 3 is 2.24 bits per heavy atom. The van der Waals surface area contributed by atoms with E-state index in [1.165, 1.54) is 32.1 Å². The van der Waals surface area contributed by atoms with Crippen LogP contribution in [0.25, 0.3) is 0 Å². The second-order valence-corrected chi connectivity index (χ2v) is 5.55. The van der Waals surface area contributed by atoms with E-state index in [-0.39, 0.29) is 0 Å². The second kappa shape index (κ2) is 11.0. The molecule has 0 aromatic carbocycles. The molecule has 0 aliphatic heterocycles. The topological polar surface area (TPSA) is 21.3 Å². The highest BCUT2D eigenvalue weighted by molar-refractivity contribution is 4.74. The van der Waals surface area contributed by atoms with Gasteiger partial charge in [0.25, 0.3) is 0 Å². The van der Waals surface area contributed by atoms with Crippen molar-refractivity contribution in [2.24, 2.45) is 5.92 Å². The molecule has 2 atom stereocenters. The first-order chi connectivity index (χ1) is 8.13. The molecular weight excluding hydrogens is 210 g/mol. The van der Waals surface area contributed by atoms with E-state index in [0.29, 0.717) is 12.1 Å². The predicted octanol–water partition coefficient (Wildman–Crippen LogP) is 4.00. The van der Waals surface area contributed by atoms with Gasteiger partial charge in [0.1, 0.15) is 0 Å². The molecule has 0 saturated heterocycles. The van der Waals surface area contributed by atoms with E-state index in [1.54, 1.807) is 7.11 Å². The average molecular weight is 243 g/mol. The van der Waals surface area contributed by atoms with Gasteiger partial charge in [-0.1, -0.05) is 47.0 Å². The zero-order valence-corrected chi connectivity index (χ0v) is 12.6. The van der Waals surface area contributed by atoms with Crippen LogP contribution in [0, 0.1) is 5.92 Å². The maximum atomic E-state index is 5.26. The largest absolute Gasteiger partial charge is 0.383 e. The van der Waals surface area contributed by atoms with Crippen molar-refractivity contribution < 1.29 is 4.74 Å². The standard InChI is InChI=1S/C15H33NO/c1-6-8-9-10-15(11-13(3)4)16-14(7-2)12-17-5/h13-16H,6-12H2,1-5H3. The summed E-state index contributed by atoms with van der Waals surface area (Å²) in [6.45, 7) is 9.95. The first-order valence-corrected chi connectivity index (χ1v) is 7.38. The van der Waals surface area contributed by atoms with Crippen molar-refractivity contribution in [3.8, 4) is 0 Å². The zero-order chi connectivity index (χ0) is 13.1. The normalized spacial score (nSPS) is 15.2. The minimum Gasteiger partial charge on any atom is -0.383 e. The van der Waals surface area contributed by atoms with Crippen LogP contribution in [0.1, 0.15) is 66.2 Å². The molecule has 0 spiro atoms. The molecule has 2 nitrogen and oxygen atoms in total.